The summed E-state index contributed by atoms with van der Waals surface area (Å²) in [5.41, 5.74) is 0.563. The van der Waals surface area contributed by atoms with Crippen LogP contribution in [0.1, 0.15) is 61.8 Å². The molecule has 3 heterocycles. The van der Waals surface area contributed by atoms with E-state index in [0.717, 1.165) is 50.8 Å². The van der Waals surface area contributed by atoms with Crippen molar-refractivity contribution in [2.24, 2.45) is 5.92 Å². The van der Waals surface area contributed by atoms with Crippen molar-refractivity contribution in [1.29, 1.82) is 0 Å². The highest BCUT2D eigenvalue weighted by molar-refractivity contribution is 5.93. The number of aromatic nitrogens is 2. The van der Waals surface area contributed by atoms with Crippen molar-refractivity contribution in [1.82, 2.24) is 14.9 Å². The second kappa shape index (κ2) is 7.28. The van der Waals surface area contributed by atoms with Crippen molar-refractivity contribution in [3.63, 3.8) is 0 Å². The Morgan fingerprint density at radius 3 is 2.35 bits per heavy atom. The maximum Gasteiger partial charge on any atom is 0.272 e. The van der Waals surface area contributed by atoms with Crippen LogP contribution in [0.15, 0.2) is 6.07 Å². The van der Waals surface area contributed by atoms with E-state index in [0.29, 0.717) is 11.5 Å². The van der Waals surface area contributed by atoms with Gasteiger partial charge in [0.05, 0.1) is 0 Å². The van der Waals surface area contributed by atoms with E-state index in [-0.39, 0.29) is 5.91 Å². The number of amides is 1. The maximum atomic E-state index is 12.8. The molecular formula is C18H28N4O. The topological polar surface area (TPSA) is 49.3 Å². The Bertz CT molecular complexity index is 544. The minimum Gasteiger partial charge on any atom is -0.356 e. The van der Waals surface area contributed by atoms with Crippen LogP contribution < -0.4 is 4.90 Å². The fourth-order valence-corrected chi connectivity index (χ4v) is 3.50. The van der Waals surface area contributed by atoms with Crippen LogP contribution in [0.25, 0.3) is 0 Å². The van der Waals surface area contributed by atoms with Gasteiger partial charge >= 0.3 is 0 Å². The SMILES string of the molecule is Cc1nc(C(=O)N2CCCCCC2)cc(N2CCC(C)CC2)n1. The van der Waals surface area contributed by atoms with Gasteiger partial charge in [0, 0.05) is 32.2 Å². The van der Waals surface area contributed by atoms with Crippen molar-refractivity contribution in [2.75, 3.05) is 31.1 Å². The van der Waals surface area contributed by atoms with Crippen LogP contribution in [0.2, 0.25) is 0 Å². The van der Waals surface area contributed by atoms with Gasteiger partial charge in [-0.25, -0.2) is 9.97 Å². The lowest BCUT2D eigenvalue weighted by Gasteiger charge is -2.31. The van der Waals surface area contributed by atoms with E-state index in [2.05, 4.69) is 21.8 Å². The average molecular weight is 316 g/mol. The molecule has 0 spiro atoms. The molecule has 126 valence electrons. The lowest BCUT2D eigenvalue weighted by molar-refractivity contribution is 0.0755. The third-order valence-electron chi connectivity index (χ3n) is 5.04. The highest BCUT2D eigenvalue weighted by Gasteiger charge is 2.22. The zero-order valence-electron chi connectivity index (χ0n) is 14.4. The first-order chi connectivity index (χ1) is 11.1. The Morgan fingerprint density at radius 2 is 1.70 bits per heavy atom. The summed E-state index contributed by atoms with van der Waals surface area (Å²) in [7, 11) is 0. The molecule has 2 aliphatic heterocycles. The maximum absolute atomic E-state index is 12.8. The van der Waals surface area contributed by atoms with Gasteiger partial charge in [0.25, 0.3) is 5.91 Å². The number of anilines is 1. The zero-order valence-corrected chi connectivity index (χ0v) is 14.4. The number of hydrogen-bond acceptors (Lipinski definition) is 4. The lowest BCUT2D eigenvalue weighted by atomic mass is 9.99. The first-order valence-electron chi connectivity index (χ1n) is 9.03. The summed E-state index contributed by atoms with van der Waals surface area (Å²) < 4.78 is 0. The van der Waals surface area contributed by atoms with E-state index in [1.807, 2.05) is 17.9 Å². The quantitative estimate of drug-likeness (QED) is 0.841. The minimum atomic E-state index is 0.0732. The molecule has 2 saturated heterocycles. The van der Waals surface area contributed by atoms with Gasteiger partial charge < -0.3 is 9.80 Å². The number of hydrogen-bond donors (Lipinski definition) is 0. The number of aryl methyl sites for hydroxylation is 1. The van der Waals surface area contributed by atoms with E-state index in [4.69, 9.17) is 0 Å². The summed E-state index contributed by atoms with van der Waals surface area (Å²) >= 11 is 0. The number of nitrogens with zero attached hydrogens (tertiary/aromatic N) is 4. The van der Waals surface area contributed by atoms with Crippen LogP contribution in [0.3, 0.4) is 0 Å². The molecule has 0 unspecified atom stereocenters. The van der Waals surface area contributed by atoms with E-state index >= 15 is 0 Å². The molecule has 0 atom stereocenters. The number of likely N-dealkylation sites (tertiary alicyclic amines) is 1. The molecule has 2 fully saturated rings. The third kappa shape index (κ3) is 4.01. The molecule has 1 amide bonds. The zero-order chi connectivity index (χ0) is 16.2. The molecule has 23 heavy (non-hydrogen) atoms. The Hall–Kier alpha value is -1.65. The second-order valence-electron chi connectivity index (χ2n) is 7.03. The summed E-state index contributed by atoms with van der Waals surface area (Å²) in [4.78, 5) is 26.1. The van der Waals surface area contributed by atoms with Crippen molar-refractivity contribution >= 4 is 11.7 Å². The van der Waals surface area contributed by atoms with Crippen LogP contribution in [0.5, 0.6) is 0 Å². The standard InChI is InChI=1S/C18H28N4O/c1-14-7-11-21(12-8-14)17-13-16(19-15(2)20-17)18(23)22-9-5-3-4-6-10-22/h13-14H,3-12H2,1-2H3. The van der Waals surface area contributed by atoms with Gasteiger partial charge in [-0.05, 0) is 38.5 Å². The highest BCUT2D eigenvalue weighted by atomic mass is 16.2. The molecule has 5 nitrogen and oxygen atoms in total. The van der Waals surface area contributed by atoms with Gasteiger partial charge in [-0.2, -0.15) is 0 Å². The molecule has 2 aliphatic rings. The monoisotopic (exact) mass is 316 g/mol. The van der Waals surface area contributed by atoms with Crippen molar-refractivity contribution in [3.05, 3.63) is 17.6 Å². The van der Waals surface area contributed by atoms with E-state index in [1.54, 1.807) is 0 Å². The largest absolute Gasteiger partial charge is 0.356 e. The molecular weight excluding hydrogens is 288 g/mol. The first-order valence-corrected chi connectivity index (χ1v) is 9.03. The summed E-state index contributed by atoms with van der Waals surface area (Å²) in [5.74, 6) is 2.47. The van der Waals surface area contributed by atoms with E-state index in [1.165, 1.54) is 25.7 Å². The molecule has 0 N–H and O–H groups in total. The average Bonchev–Trinajstić information content (AvgIpc) is 2.83. The van der Waals surface area contributed by atoms with Gasteiger partial charge in [0.15, 0.2) is 0 Å². The Labute approximate surface area is 139 Å². The Kier molecular flexibility index (Phi) is 5.13. The number of piperidine rings is 1. The Balaban J connectivity index is 1.78. The molecule has 0 aliphatic carbocycles. The third-order valence-corrected chi connectivity index (χ3v) is 5.04. The molecule has 0 aromatic carbocycles. The van der Waals surface area contributed by atoms with Gasteiger partial charge in [0.1, 0.15) is 17.3 Å². The summed E-state index contributed by atoms with van der Waals surface area (Å²) in [6.45, 7) is 7.95. The molecule has 3 rings (SSSR count). The fraction of sp³-hybridized carbons (Fsp3) is 0.722. The number of carbonyl (C=O) groups excluding carboxylic acids is 1. The van der Waals surface area contributed by atoms with Gasteiger partial charge in [-0.15, -0.1) is 0 Å². The first kappa shape index (κ1) is 16.2. The number of rotatable bonds is 2. The van der Waals surface area contributed by atoms with Crippen molar-refractivity contribution in [3.8, 4) is 0 Å². The van der Waals surface area contributed by atoms with Crippen molar-refractivity contribution < 1.29 is 4.79 Å². The van der Waals surface area contributed by atoms with Crippen LogP contribution in [-0.2, 0) is 0 Å². The highest BCUT2D eigenvalue weighted by Crippen LogP contribution is 2.22. The van der Waals surface area contributed by atoms with Gasteiger partial charge in [0.2, 0.25) is 0 Å². The van der Waals surface area contributed by atoms with Gasteiger partial charge in [-0.1, -0.05) is 19.8 Å². The second-order valence-corrected chi connectivity index (χ2v) is 7.03. The lowest BCUT2D eigenvalue weighted by Crippen LogP contribution is -2.35. The normalized spacial score (nSPS) is 20.4. The Morgan fingerprint density at radius 1 is 1.04 bits per heavy atom. The predicted octanol–water partition coefficient (Wildman–Crippen LogP) is 3.04. The number of carbonyl (C=O) groups is 1. The van der Waals surface area contributed by atoms with Crippen LogP contribution in [-0.4, -0.2) is 47.0 Å². The molecule has 0 radical (unpaired) electrons. The molecule has 1 aromatic rings. The smallest absolute Gasteiger partial charge is 0.272 e. The van der Waals surface area contributed by atoms with Crippen molar-refractivity contribution in [2.45, 2.75) is 52.4 Å². The van der Waals surface area contributed by atoms with Crippen LogP contribution in [0, 0.1) is 12.8 Å². The molecule has 1 aromatic heterocycles. The summed E-state index contributed by atoms with van der Waals surface area (Å²) in [5, 5.41) is 0. The van der Waals surface area contributed by atoms with Crippen LogP contribution in [0.4, 0.5) is 5.82 Å². The van der Waals surface area contributed by atoms with E-state index < -0.39 is 0 Å². The summed E-state index contributed by atoms with van der Waals surface area (Å²) in [6.07, 6.45) is 7.05. The van der Waals surface area contributed by atoms with E-state index in [9.17, 15) is 4.79 Å². The fourth-order valence-electron chi connectivity index (χ4n) is 3.50. The van der Waals surface area contributed by atoms with Crippen LogP contribution >= 0.6 is 0 Å². The predicted molar refractivity (Wildman–Crippen MR) is 91.8 cm³/mol. The molecule has 0 bridgehead atoms. The molecule has 5 heteroatoms. The molecule has 0 saturated carbocycles. The minimum absolute atomic E-state index is 0.0732. The summed E-state index contributed by atoms with van der Waals surface area (Å²) in [6, 6.07) is 1.90. The van der Waals surface area contributed by atoms with Gasteiger partial charge in [-0.3, -0.25) is 4.79 Å².